The van der Waals surface area contributed by atoms with Crippen molar-refractivity contribution in [3.63, 3.8) is 0 Å². The molecule has 0 radical (unpaired) electrons. The zero-order valence-electron chi connectivity index (χ0n) is 14.1. The smallest absolute Gasteiger partial charge is 0.122 e. The molecule has 2 heteroatoms. The fourth-order valence-electron chi connectivity index (χ4n) is 3.31. The molecule has 0 heterocycles. The van der Waals surface area contributed by atoms with Crippen LogP contribution in [0.2, 0.25) is 0 Å². The molecule has 0 bridgehead atoms. The van der Waals surface area contributed by atoms with E-state index in [1.807, 2.05) is 0 Å². The predicted octanol–water partition coefficient (Wildman–Crippen LogP) is 4.57. The summed E-state index contributed by atoms with van der Waals surface area (Å²) in [6.07, 6.45) is 5.22. The summed E-state index contributed by atoms with van der Waals surface area (Å²) in [6.45, 7) is 10.1. The fraction of sp³-hybridized carbons (Fsp3) is 0.684. The van der Waals surface area contributed by atoms with Gasteiger partial charge in [0.2, 0.25) is 0 Å². The number of hydrogen-bond acceptors (Lipinski definition) is 2. The minimum Gasteiger partial charge on any atom is -0.489 e. The monoisotopic (exact) mass is 289 g/mol. The van der Waals surface area contributed by atoms with Gasteiger partial charge < -0.3 is 10.1 Å². The highest BCUT2D eigenvalue weighted by atomic mass is 16.5. The van der Waals surface area contributed by atoms with Crippen molar-refractivity contribution in [2.24, 2.45) is 11.8 Å². The molecule has 21 heavy (non-hydrogen) atoms. The Balaban J connectivity index is 2.07. The summed E-state index contributed by atoms with van der Waals surface area (Å²) in [5.41, 5.74) is 1.23. The van der Waals surface area contributed by atoms with Gasteiger partial charge in [-0.3, -0.25) is 0 Å². The molecule has 3 unspecified atom stereocenters. The van der Waals surface area contributed by atoms with Crippen molar-refractivity contribution in [1.29, 1.82) is 0 Å². The second-order valence-corrected chi connectivity index (χ2v) is 6.80. The maximum Gasteiger partial charge on any atom is 0.122 e. The topological polar surface area (TPSA) is 21.3 Å². The number of benzene rings is 1. The Hall–Kier alpha value is -1.02. The van der Waals surface area contributed by atoms with E-state index in [2.05, 4.69) is 57.3 Å². The van der Waals surface area contributed by atoms with Gasteiger partial charge in [-0.15, -0.1) is 0 Å². The minimum atomic E-state index is 0.304. The van der Waals surface area contributed by atoms with Gasteiger partial charge >= 0.3 is 0 Å². The molecule has 1 aliphatic rings. The largest absolute Gasteiger partial charge is 0.489 e. The zero-order chi connectivity index (χ0) is 15.2. The van der Waals surface area contributed by atoms with Crippen molar-refractivity contribution in [2.45, 2.75) is 65.5 Å². The Morgan fingerprint density at radius 1 is 1.24 bits per heavy atom. The van der Waals surface area contributed by atoms with Crippen molar-refractivity contribution >= 4 is 0 Å². The molecule has 2 rings (SSSR count). The third kappa shape index (κ3) is 4.47. The SMILES string of the molecule is CCCNC1CCC(C(C)C)CC1Oc1ccccc1C. The van der Waals surface area contributed by atoms with Gasteiger partial charge in [-0.2, -0.15) is 0 Å². The van der Waals surface area contributed by atoms with Crippen LogP contribution in [0.5, 0.6) is 5.75 Å². The quantitative estimate of drug-likeness (QED) is 0.828. The predicted molar refractivity (Wildman–Crippen MR) is 89.9 cm³/mol. The van der Waals surface area contributed by atoms with Crippen LogP contribution in [0.3, 0.4) is 0 Å². The van der Waals surface area contributed by atoms with Crippen LogP contribution < -0.4 is 10.1 Å². The fourth-order valence-corrected chi connectivity index (χ4v) is 3.31. The van der Waals surface area contributed by atoms with E-state index in [-0.39, 0.29) is 0 Å². The van der Waals surface area contributed by atoms with Gasteiger partial charge in [0, 0.05) is 6.04 Å². The van der Waals surface area contributed by atoms with Crippen molar-refractivity contribution in [3.8, 4) is 5.75 Å². The van der Waals surface area contributed by atoms with E-state index < -0.39 is 0 Å². The summed E-state index contributed by atoms with van der Waals surface area (Å²) < 4.78 is 6.41. The lowest BCUT2D eigenvalue weighted by atomic mass is 9.78. The molecule has 1 N–H and O–H groups in total. The van der Waals surface area contributed by atoms with E-state index >= 15 is 0 Å². The Morgan fingerprint density at radius 3 is 2.67 bits per heavy atom. The molecule has 3 atom stereocenters. The Labute approximate surface area is 130 Å². The van der Waals surface area contributed by atoms with Crippen molar-refractivity contribution < 1.29 is 4.74 Å². The van der Waals surface area contributed by atoms with Gasteiger partial charge in [-0.1, -0.05) is 39.0 Å². The molecule has 118 valence electrons. The molecule has 1 fully saturated rings. The van der Waals surface area contributed by atoms with Crippen LogP contribution in [0, 0.1) is 18.8 Å². The van der Waals surface area contributed by atoms with Crippen LogP contribution in [0.1, 0.15) is 52.0 Å². The van der Waals surface area contributed by atoms with E-state index in [1.165, 1.54) is 31.2 Å². The van der Waals surface area contributed by atoms with Gasteiger partial charge in [0.05, 0.1) is 0 Å². The number of ether oxygens (including phenoxy) is 1. The maximum absolute atomic E-state index is 6.41. The highest BCUT2D eigenvalue weighted by Gasteiger charge is 2.33. The number of nitrogens with one attached hydrogen (secondary N) is 1. The Bertz CT molecular complexity index is 429. The molecule has 1 saturated carbocycles. The first-order valence-corrected chi connectivity index (χ1v) is 8.57. The lowest BCUT2D eigenvalue weighted by Gasteiger charge is -2.38. The minimum absolute atomic E-state index is 0.304. The molecule has 2 nitrogen and oxygen atoms in total. The van der Waals surface area contributed by atoms with E-state index in [1.54, 1.807) is 0 Å². The van der Waals surface area contributed by atoms with Crippen LogP contribution in [0.25, 0.3) is 0 Å². The second kappa shape index (κ2) is 7.84. The third-order valence-corrected chi connectivity index (χ3v) is 4.80. The first-order chi connectivity index (χ1) is 10.1. The average Bonchev–Trinajstić information content (AvgIpc) is 2.48. The third-order valence-electron chi connectivity index (χ3n) is 4.80. The highest BCUT2D eigenvalue weighted by molar-refractivity contribution is 5.32. The first-order valence-electron chi connectivity index (χ1n) is 8.57. The normalized spacial score (nSPS) is 26.0. The van der Waals surface area contributed by atoms with Gasteiger partial charge in [0.15, 0.2) is 0 Å². The summed E-state index contributed by atoms with van der Waals surface area (Å²) in [5, 5.41) is 3.70. The summed E-state index contributed by atoms with van der Waals surface area (Å²) >= 11 is 0. The van der Waals surface area contributed by atoms with E-state index in [9.17, 15) is 0 Å². The van der Waals surface area contributed by atoms with Gasteiger partial charge in [0.25, 0.3) is 0 Å². The van der Waals surface area contributed by atoms with Crippen LogP contribution in [-0.4, -0.2) is 18.7 Å². The van der Waals surface area contributed by atoms with Crippen LogP contribution >= 0.6 is 0 Å². The van der Waals surface area contributed by atoms with Crippen LogP contribution in [-0.2, 0) is 0 Å². The molecule has 0 aromatic heterocycles. The Kier molecular flexibility index (Phi) is 6.10. The lowest BCUT2D eigenvalue weighted by Crippen LogP contribution is -2.48. The number of para-hydroxylation sites is 1. The molecular weight excluding hydrogens is 258 g/mol. The molecule has 1 aromatic rings. The van der Waals surface area contributed by atoms with Crippen LogP contribution in [0.15, 0.2) is 24.3 Å². The zero-order valence-corrected chi connectivity index (χ0v) is 14.1. The molecule has 0 amide bonds. The van der Waals surface area contributed by atoms with Crippen molar-refractivity contribution in [2.75, 3.05) is 6.54 Å². The maximum atomic E-state index is 6.41. The van der Waals surface area contributed by atoms with E-state index in [4.69, 9.17) is 4.74 Å². The summed E-state index contributed by atoms with van der Waals surface area (Å²) in [6, 6.07) is 8.88. The standard InChI is InChI=1S/C19H31NO/c1-5-12-20-17-11-10-16(14(2)3)13-19(17)21-18-9-7-6-8-15(18)4/h6-9,14,16-17,19-20H,5,10-13H2,1-4H3. The number of hydrogen-bond donors (Lipinski definition) is 1. The number of rotatable bonds is 6. The van der Waals surface area contributed by atoms with E-state index in [0.717, 1.165) is 24.1 Å². The molecule has 1 aliphatic carbocycles. The van der Waals surface area contributed by atoms with E-state index in [0.29, 0.717) is 12.1 Å². The molecular formula is C19H31NO. The van der Waals surface area contributed by atoms with Crippen molar-refractivity contribution in [1.82, 2.24) is 5.32 Å². The lowest BCUT2D eigenvalue weighted by molar-refractivity contribution is 0.0714. The summed E-state index contributed by atoms with van der Waals surface area (Å²) in [5.74, 6) is 2.59. The van der Waals surface area contributed by atoms with Crippen molar-refractivity contribution in [3.05, 3.63) is 29.8 Å². The van der Waals surface area contributed by atoms with Gasteiger partial charge in [-0.05, 0) is 62.6 Å². The first kappa shape index (κ1) is 16.4. The van der Waals surface area contributed by atoms with Crippen LogP contribution in [0.4, 0.5) is 0 Å². The molecule has 1 aromatic carbocycles. The van der Waals surface area contributed by atoms with Gasteiger partial charge in [-0.25, -0.2) is 0 Å². The second-order valence-electron chi connectivity index (χ2n) is 6.80. The highest BCUT2D eigenvalue weighted by Crippen LogP contribution is 2.33. The molecule has 0 spiro atoms. The summed E-state index contributed by atoms with van der Waals surface area (Å²) in [7, 11) is 0. The number of aryl methyl sites for hydroxylation is 1. The summed E-state index contributed by atoms with van der Waals surface area (Å²) in [4.78, 5) is 0. The van der Waals surface area contributed by atoms with Gasteiger partial charge in [0.1, 0.15) is 11.9 Å². The molecule has 0 saturated heterocycles. The average molecular weight is 289 g/mol. The Morgan fingerprint density at radius 2 is 2.00 bits per heavy atom. The molecule has 0 aliphatic heterocycles.